The number of benzene rings is 1. The Morgan fingerprint density at radius 3 is 2.68 bits per heavy atom. The molecule has 0 aliphatic carbocycles. The topological polar surface area (TPSA) is 149 Å². The van der Waals surface area contributed by atoms with Gasteiger partial charge in [-0.3, -0.25) is 19.2 Å². The van der Waals surface area contributed by atoms with Gasteiger partial charge in [-0.15, -0.1) is 0 Å². The maximum Gasteiger partial charge on any atom is 0.255 e. The fourth-order valence-electron chi connectivity index (χ4n) is 3.35. The van der Waals surface area contributed by atoms with Gasteiger partial charge in [-0.2, -0.15) is 0 Å². The molecule has 34 heavy (non-hydrogen) atoms. The number of aliphatic hydroxyl groups is 1. The average molecular weight is 478 g/mol. The Morgan fingerprint density at radius 1 is 1.24 bits per heavy atom. The lowest BCUT2D eigenvalue weighted by atomic mass is 10.1. The van der Waals surface area contributed by atoms with E-state index in [2.05, 4.69) is 21.3 Å². The highest BCUT2D eigenvalue weighted by atomic mass is 16.5. The number of nitrogens with one attached hydrogen (secondary N) is 4. The first-order valence-electron chi connectivity index (χ1n) is 11.4. The number of rotatable bonds is 6. The number of para-hydroxylation sites is 1. The van der Waals surface area contributed by atoms with E-state index in [1.54, 1.807) is 24.3 Å². The zero-order valence-corrected chi connectivity index (χ0v) is 19.9. The van der Waals surface area contributed by atoms with E-state index in [-0.39, 0.29) is 18.7 Å². The van der Waals surface area contributed by atoms with Gasteiger partial charge in [-0.25, -0.2) is 0 Å². The molecule has 0 saturated heterocycles. The summed E-state index contributed by atoms with van der Waals surface area (Å²) in [6, 6.07) is 4.21. The van der Waals surface area contributed by atoms with E-state index in [0.29, 0.717) is 25.1 Å². The smallest absolute Gasteiger partial charge is 0.255 e. The summed E-state index contributed by atoms with van der Waals surface area (Å²) in [6.07, 6.45) is -0.440. The molecule has 11 nitrogen and oxygen atoms in total. The standard InChI is InChI=1S/C23H35N5O6/c1-15(29)20-23(33)25-11-7-13-34-18-9-5-4-8-16(18)21(31)26-17(14-19(30)27-20)22(32)24-10-6-12-28(2)3/h4-5,8-9,15,17,20,29H,6-7,10-14H2,1-3H3,(H,24,32)(H,25,33)(H,26,31)(H,27,30)/t15-,17+,20+/m1/s1. The number of ether oxygens (including phenoxy) is 1. The number of hydrogen-bond acceptors (Lipinski definition) is 7. The van der Waals surface area contributed by atoms with Crippen molar-refractivity contribution in [3.05, 3.63) is 29.8 Å². The number of nitrogens with zero attached hydrogens (tertiary/aromatic N) is 1. The largest absolute Gasteiger partial charge is 0.493 e. The predicted octanol–water partition coefficient (Wildman–Crippen LogP) is -0.993. The molecular weight excluding hydrogens is 442 g/mol. The Bertz CT molecular complexity index is 860. The van der Waals surface area contributed by atoms with Crippen LogP contribution in [-0.2, 0) is 14.4 Å². The van der Waals surface area contributed by atoms with E-state index in [1.165, 1.54) is 6.92 Å². The van der Waals surface area contributed by atoms with Gasteiger partial charge in [-0.05, 0) is 52.5 Å². The summed E-state index contributed by atoms with van der Waals surface area (Å²) in [5.74, 6) is -1.96. The molecule has 1 aromatic carbocycles. The summed E-state index contributed by atoms with van der Waals surface area (Å²) < 4.78 is 5.71. The molecule has 3 atom stereocenters. The molecular formula is C23H35N5O6. The second kappa shape index (κ2) is 13.5. The lowest BCUT2D eigenvalue weighted by molar-refractivity contribution is -0.133. The summed E-state index contributed by atoms with van der Waals surface area (Å²) in [5, 5.41) is 20.5. The van der Waals surface area contributed by atoms with Gasteiger partial charge in [-0.1, -0.05) is 12.1 Å². The Labute approximate surface area is 199 Å². The zero-order chi connectivity index (χ0) is 25.1. The molecule has 0 radical (unpaired) electrons. The van der Waals surface area contributed by atoms with Crippen molar-refractivity contribution in [1.82, 2.24) is 26.2 Å². The van der Waals surface area contributed by atoms with Crippen LogP contribution in [0.5, 0.6) is 5.75 Å². The SMILES string of the molecule is C[C@@H](O)[C@@H]1NC(=O)C[C@@H](C(=O)NCCCN(C)C)NC(=O)c2ccccc2OCCCNC1=O. The molecule has 4 amide bonds. The van der Waals surface area contributed by atoms with Gasteiger partial charge in [0, 0.05) is 13.1 Å². The third-order valence-electron chi connectivity index (χ3n) is 5.18. The van der Waals surface area contributed by atoms with Crippen molar-refractivity contribution in [3.8, 4) is 5.75 Å². The minimum Gasteiger partial charge on any atom is -0.493 e. The first-order chi connectivity index (χ1) is 16.2. The summed E-state index contributed by atoms with van der Waals surface area (Å²) in [5.41, 5.74) is 0.231. The number of carbonyl (C=O) groups excluding carboxylic acids is 4. The number of aliphatic hydroxyl groups excluding tert-OH is 1. The third kappa shape index (κ3) is 8.64. The molecule has 1 aliphatic rings. The van der Waals surface area contributed by atoms with E-state index in [9.17, 15) is 24.3 Å². The lowest BCUT2D eigenvalue weighted by Gasteiger charge is -2.23. The van der Waals surface area contributed by atoms with Crippen molar-refractivity contribution in [3.63, 3.8) is 0 Å². The van der Waals surface area contributed by atoms with E-state index < -0.39 is 48.2 Å². The van der Waals surface area contributed by atoms with Crippen molar-refractivity contribution < 1.29 is 29.0 Å². The van der Waals surface area contributed by atoms with Crippen molar-refractivity contribution in [2.45, 2.75) is 44.4 Å². The van der Waals surface area contributed by atoms with Crippen LogP contribution in [0.25, 0.3) is 0 Å². The van der Waals surface area contributed by atoms with Gasteiger partial charge in [0.1, 0.15) is 17.8 Å². The van der Waals surface area contributed by atoms with Crippen LogP contribution in [0.1, 0.15) is 36.5 Å². The number of fused-ring (bicyclic) bond motifs is 1. The molecule has 5 N–H and O–H groups in total. The van der Waals surface area contributed by atoms with Crippen LogP contribution in [-0.4, -0.2) is 92.2 Å². The summed E-state index contributed by atoms with van der Waals surface area (Å²) >= 11 is 0. The number of carbonyl (C=O) groups is 4. The molecule has 0 fully saturated rings. The molecule has 0 bridgehead atoms. The van der Waals surface area contributed by atoms with Crippen LogP contribution in [0, 0.1) is 0 Å². The monoisotopic (exact) mass is 477 g/mol. The molecule has 1 heterocycles. The molecule has 0 spiro atoms. The highest BCUT2D eigenvalue weighted by Crippen LogP contribution is 2.18. The van der Waals surface area contributed by atoms with E-state index >= 15 is 0 Å². The van der Waals surface area contributed by atoms with Gasteiger partial charge in [0.25, 0.3) is 5.91 Å². The maximum absolute atomic E-state index is 13.0. The molecule has 0 unspecified atom stereocenters. The molecule has 188 valence electrons. The molecule has 2 rings (SSSR count). The second-order valence-electron chi connectivity index (χ2n) is 8.45. The number of amides is 4. The fourth-order valence-corrected chi connectivity index (χ4v) is 3.35. The van der Waals surface area contributed by atoms with Crippen molar-refractivity contribution in [2.24, 2.45) is 0 Å². The van der Waals surface area contributed by atoms with Crippen LogP contribution in [0.3, 0.4) is 0 Å². The fraction of sp³-hybridized carbons (Fsp3) is 0.565. The van der Waals surface area contributed by atoms with E-state index in [0.717, 1.165) is 6.54 Å². The molecule has 11 heteroatoms. The normalized spacial score (nSPS) is 21.0. The van der Waals surface area contributed by atoms with Gasteiger partial charge < -0.3 is 36.0 Å². The summed E-state index contributed by atoms with van der Waals surface area (Å²) in [6.45, 7) is 2.99. The summed E-state index contributed by atoms with van der Waals surface area (Å²) in [7, 11) is 3.83. The quantitative estimate of drug-likeness (QED) is 0.330. The molecule has 1 aliphatic heterocycles. The lowest BCUT2D eigenvalue weighted by Crippen LogP contribution is -2.55. The van der Waals surface area contributed by atoms with Crippen LogP contribution in [0.2, 0.25) is 0 Å². The number of hydrogen-bond donors (Lipinski definition) is 5. The van der Waals surface area contributed by atoms with Gasteiger partial charge >= 0.3 is 0 Å². The Kier molecular flexibility index (Phi) is 10.8. The minimum atomic E-state index is -1.20. The Hall–Kier alpha value is -3.18. The predicted molar refractivity (Wildman–Crippen MR) is 125 cm³/mol. The van der Waals surface area contributed by atoms with E-state index in [4.69, 9.17) is 4.74 Å². The highest BCUT2D eigenvalue weighted by molar-refractivity contribution is 6.01. The van der Waals surface area contributed by atoms with Crippen molar-refractivity contribution in [2.75, 3.05) is 40.3 Å². The van der Waals surface area contributed by atoms with Gasteiger partial charge in [0.05, 0.1) is 24.7 Å². The highest BCUT2D eigenvalue weighted by Gasteiger charge is 2.30. The first-order valence-corrected chi connectivity index (χ1v) is 11.4. The summed E-state index contributed by atoms with van der Waals surface area (Å²) in [4.78, 5) is 53.0. The Balaban J connectivity index is 2.25. The van der Waals surface area contributed by atoms with Crippen LogP contribution in [0.15, 0.2) is 24.3 Å². The first kappa shape index (κ1) is 27.1. The Morgan fingerprint density at radius 2 is 1.97 bits per heavy atom. The van der Waals surface area contributed by atoms with Crippen LogP contribution < -0.4 is 26.0 Å². The van der Waals surface area contributed by atoms with E-state index in [1.807, 2.05) is 19.0 Å². The minimum absolute atomic E-state index is 0.228. The average Bonchev–Trinajstić information content (AvgIpc) is 2.79. The van der Waals surface area contributed by atoms with Gasteiger partial charge in [0.2, 0.25) is 17.7 Å². The van der Waals surface area contributed by atoms with Crippen molar-refractivity contribution in [1.29, 1.82) is 0 Å². The second-order valence-corrected chi connectivity index (χ2v) is 8.45. The van der Waals surface area contributed by atoms with Crippen LogP contribution >= 0.6 is 0 Å². The van der Waals surface area contributed by atoms with Crippen molar-refractivity contribution >= 4 is 23.6 Å². The molecule has 0 saturated carbocycles. The maximum atomic E-state index is 13.0. The van der Waals surface area contributed by atoms with Crippen LogP contribution in [0.4, 0.5) is 0 Å². The molecule has 1 aromatic rings. The molecule has 0 aromatic heterocycles. The third-order valence-corrected chi connectivity index (χ3v) is 5.18. The van der Waals surface area contributed by atoms with Gasteiger partial charge in [0.15, 0.2) is 0 Å². The zero-order valence-electron chi connectivity index (χ0n) is 19.9.